The Kier molecular flexibility index (Phi) is 15.7. The predicted molar refractivity (Wildman–Crippen MR) is 104 cm³/mol. The van der Waals surface area contributed by atoms with Crippen LogP contribution < -0.4 is 5.32 Å². The molecule has 0 radical (unpaired) electrons. The third-order valence-corrected chi connectivity index (χ3v) is 4.63. The Bertz CT molecular complexity index is 331. The Hall–Kier alpha value is -1.06. The van der Waals surface area contributed by atoms with Gasteiger partial charge in [0.15, 0.2) is 0 Å². The van der Waals surface area contributed by atoms with Crippen molar-refractivity contribution in [2.75, 3.05) is 0 Å². The van der Waals surface area contributed by atoms with Crippen LogP contribution in [-0.4, -0.2) is 24.5 Å². The molecule has 1 amide bonds. The van der Waals surface area contributed by atoms with E-state index in [4.69, 9.17) is 4.74 Å². The minimum atomic E-state index is -0.519. The molecule has 0 heterocycles. The van der Waals surface area contributed by atoms with Gasteiger partial charge in [0, 0.05) is 0 Å². The fourth-order valence-corrected chi connectivity index (χ4v) is 3.06. The molecule has 0 aliphatic heterocycles. The van der Waals surface area contributed by atoms with Crippen molar-refractivity contribution in [3.63, 3.8) is 0 Å². The lowest BCUT2D eigenvalue weighted by molar-refractivity contribution is -0.153. The summed E-state index contributed by atoms with van der Waals surface area (Å²) in [7, 11) is 0. The molecule has 25 heavy (non-hydrogen) atoms. The first kappa shape index (κ1) is 23.9. The summed E-state index contributed by atoms with van der Waals surface area (Å²) in [6.07, 6.45) is 14.6. The smallest absolute Gasteiger partial charge is 0.328 e. The van der Waals surface area contributed by atoms with Crippen LogP contribution in [0.3, 0.4) is 0 Å². The second-order valence-corrected chi connectivity index (χ2v) is 7.55. The third-order valence-electron chi connectivity index (χ3n) is 4.63. The molecule has 4 nitrogen and oxygen atoms in total. The maximum atomic E-state index is 12.3. The van der Waals surface area contributed by atoms with Crippen LogP contribution in [0.1, 0.15) is 105 Å². The van der Waals surface area contributed by atoms with Gasteiger partial charge in [0.05, 0.1) is 0 Å². The molecule has 0 aromatic rings. The van der Waals surface area contributed by atoms with Crippen LogP contribution in [-0.2, 0) is 14.3 Å². The van der Waals surface area contributed by atoms with E-state index in [1.165, 1.54) is 51.4 Å². The summed E-state index contributed by atoms with van der Waals surface area (Å²) in [5.41, 5.74) is 0. The van der Waals surface area contributed by atoms with Crippen LogP contribution in [0.5, 0.6) is 0 Å². The highest BCUT2D eigenvalue weighted by Gasteiger charge is 2.23. The number of carbonyl (C=O) groups excluding carboxylic acids is 2. The molecule has 2 atom stereocenters. The van der Waals surface area contributed by atoms with E-state index in [0.717, 1.165) is 19.3 Å². The lowest BCUT2D eigenvalue weighted by atomic mass is 10.0. The normalized spacial score (nSPS) is 13.5. The Labute approximate surface area is 155 Å². The molecule has 148 valence electrons. The largest absolute Gasteiger partial charge is 0.461 e. The summed E-state index contributed by atoms with van der Waals surface area (Å²) >= 11 is 0. The second kappa shape index (κ2) is 16.4. The molecule has 0 aromatic carbocycles. The monoisotopic (exact) mass is 355 g/mol. The average molecular weight is 356 g/mol. The Morgan fingerprint density at radius 3 is 2.00 bits per heavy atom. The first-order valence-electron chi connectivity index (χ1n) is 10.4. The van der Waals surface area contributed by atoms with Gasteiger partial charge in [-0.3, -0.25) is 4.79 Å². The topological polar surface area (TPSA) is 55.4 Å². The van der Waals surface area contributed by atoms with E-state index in [1.54, 1.807) is 0 Å². The molecule has 1 N–H and O–H groups in total. The zero-order valence-corrected chi connectivity index (χ0v) is 17.0. The summed E-state index contributed by atoms with van der Waals surface area (Å²) in [4.78, 5) is 22.9. The maximum Gasteiger partial charge on any atom is 0.328 e. The van der Waals surface area contributed by atoms with Crippen LogP contribution in [0, 0.1) is 5.92 Å². The van der Waals surface area contributed by atoms with Crippen LogP contribution in [0.15, 0.2) is 0 Å². The van der Waals surface area contributed by atoms with Crippen molar-refractivity contribution in [3.8, 4) is 0 Å². The Morgan fingerprint density at radius 2 is 1.52 bits per heavy atom. The van der Waals surface area contributed by atoms with Crippen molar-refractivity contribution in [2.24, 2.45) is 5.92 Å². The highest BCUT2D eigenvalue weighted by molar-refractivity contribution is 5.78. The van der Waals surface area contributed by atoms with Gasteiger partial charge in [-0.05, 0) is 31.6 Å². The molecular weight excluding hydrogens is 314 g/mol. The number of amides is 1. The van der Waals surface area contributed by atoms with E-state index in [2.05, 4.69) is 19.2 Å². The van der Waals surface area contributed by atoms with Crippen molar-refractivity contribution in [3.05, 3.63) is 0 Å². The lowest BCUT2D eigenvalue weighted by Gasteiger charge is -2.21. The number of rotatable bonds is 17. The molecule has 0 aliphatic carbocycles. The summed E-state index contributed by atoms with van der Waals surface area (Å²) in [6, 6.07) is -0.519. The zero-order chi connectivity index (χ0) is 18.9. The second-order valence-electron chi connectivity index (χ2n) is 7.55. The number of unbranched alkanes of at least 4 members (excludes halogenated alkanes) is 8. The predicted octanol–water partition coefficient (Wildman–Crippen LogP) is 5.39. The number of carbonyl (C=O) groups is 2. The van der Waals surface area contributed by atoms with Gasteiger partial charge < -0.3 is 10.1 Å². The fraction of sp³-hybridized carbons (Fsp3) is 0.905. The maximum absolute atomic E-state index is 12.3. The molecule has 0 aromatic heterocycles. The fourth-order valence-electron chi connectivity index (χ4n) is 3.06. The molecule has 0 bridgehead atoms. The number of nitrogens with one attached hydrogen (secondary N) is 1. The Morgan fingerprint density at radius 1 is 0.960 bits per heavy atom. The van der Waals surface area contributed by atoms with E-state index in [1.807, 2.05) is 13.8 Å². The van der Waals surface area contributed by atoms with Crippen LogP contribution in [0.2, 0.25) is 0 Å². The molecule has 0 saturated heterocycles. The van der Waals surface area contributed by atoms with Gasteiger partial charge in [-0.1, -0.05) is 79.1 Å². The first-order chi connectivity index (χ1) is 12.0. The lowest BCUT2D eigenvalue weighted by Crippen LogP contribution is -2.40. The van der Waals surface area contributed by atoms with E-state index in [9.17, 15) is 9.59 Å². The van der Waals surface area contributed by atoms with Crippen molar-refractivity contribution in [1.29, 1.82) is 0 Å². The molecule has 0 rings (SSSR count). The number of hydrogen-bond donors (Lipinski definition) is 1. The summed E-state index contributed by atoms with van der Waals surface area (Å²) in [5.74, 6) is 0.0472. The zero-order valence-electron chi connectivity index (χ0n) is 17.0. The standard InChI is InChI=1S/C21H41NO3/c1-5-7-8-9-10-11-12-13-14-15-19(6-2)25-21(24)20(22-17-23)16-18(3)4/h17-20H,5-16H2,1-4H3,(H,22,23)/t19-,20+/m1/s1. The Balaban J connectivity index is 3.92. The first-order valence-corrected chi connectivity index (χ1v) is 10.4. The molecule has 0 fully saturated rings. The molecule has 0 aliphatic rings. The van der Waals surface area contributed by atoms with Crippen LogP contribution >= 0.6 is 0 Å². The van der Waals surface area contributed by atoms with Gasteiger partial charge in [-0.15, -0.1) is 0 Å². The molecule has 0 spiro atoms. The van der Waals surface area contributed by atoms with Gasteiger partial charge >= 0.3 is 5.97 Å². The van der Waals surface area contributed by atoms with Crippen molar-refractivity contribution in [1.82, 2.24) is 5.32 Å². The van der Waals surface area contributed by atoms with Gasteiger partial charge in [0.2, 0.25) is 6.41 Å². The highest BCUT2D eigenvalue weighted by Crippen LogP contribution is 2.15. The van der Waals surface area contributed by atoms with Crippen LogP contribution in [0.4, 0.5) is 0 Å². The summed E-state index contributed by atoms with van der Waals surface area (Å²) < 4.78 is 5.63. The third kappa shape index (κ3) is 13.9. The quantitative estimate of drug-likeness (QED) is 0.216. The average Bonchev–Trinajstić information content (AvgIpc) is 2.58. The highest BCUT2D eigenvalue weighted by atomic mass is 16.5. The van der Waals surface area contributed by atoms with Crippen molar-refractivity contribution in [2.45, 2.75) is 117 Å². The number of esters is 1. The van der Waals surface area contributed by atoms with Gasteiger partial charge in [0.1, 0.15) is 12.1 Å². The van der Waals surface area contributed by atoms with E-state index in [0.29, 0.717) is 18.7 Å². The molecular formula is C21H41NO3. The number of hydrogen-bond acceptors (Lipinski definition) is 3. The molecule has 4 heteroatoms. The SMILES string of the molecule is CCCCCCCCCCC[C@@H](CC)OC(=O)[C@H](CC(C)C)NC=O. The molecule has 0 unspecified atom stereocenters. The minimum Gasteiger partial charge on any atom is -0.461 e. The van der Waals surface area contributed by atoms with E-state index < -0.39 is 6.04 Å². The van der Waals surface area contributed by atoms with E-state index in [-0.39, 0.29) is 12.1 Å². The van der Waals surface area contributed by atoms with Gasteiger partial charge in [-0.25, -0.2) is 4.79 Å². The molecule has 0 saturated carbocycles. The van der Waals surface area contributed by atoms with Crippen LogP contribution in [0.25, 0.3) is 0 Å². The van der Waals surface area contributed by atoms with Crippen molar-refractivity contribution < 1.29 is 14.3 Å². The minimum absolute atomic E-state index is 0.0276. The van der Waals surface area contributed by atoms with Crippen molar-refractivity contribution >= 4 is 12.4 Å². The number of ether oxygens (including phenoxy) is 1. The summed E-state index contributed by atoms with van der Waals surface area (Å²) in [6.45, 7) is 8.37. The van der Waals surface area contributed by atoms with E-state index >= 15 is 0 Å². The van der Waals surface area contributed by atoms with Gasteiger partial charge in [-0.2, -0.15) is 0 Å². The summed E-state index contributed by atoms with van der Waals surface area (Å²) in [5, 5.41) is 2.59. The van der Waals surface area contributed by atoms with Gasteiger partial charge in [0.25, 0.3) is 0 Å².